The van der Waals surface area contributed by atoms with Crippen LogP contribution in [0.3, 0.4) is 0 Å². The van der Waals surface area contributed by atoms with Gasteiger partial charge in [-0.3, -0.25) is 0 Å². The Morgan fingerprint density at radius 2 is 1.95 bits per heavy atom. The van der Waals surface area contributed by atoms with Crippen LogP contribution in [0, 0.1) is 5.82 Å². The topological polar surface area (TPSA) is 12.5 Å². The van der Waals surface area contributed by atoms with Gasteiger partial charge >= 0.3 is 0 Å². The monoisotopic (exact) mass is 283 g/mol. The second kappa shape index (κ2) is 5.29. The lowest BCUT2D eigenvalue weighted by Crippen LogP contribution is -2.52. The summed E-state index contributed by atoms with van der Waals surface area (Å²) in [6.07, 6.45) is 6.10. The molecule has 2 nitrogen and oxygen atoms in total. The molecule has 0 N–H and O–H groups in total. The van der Waals surface area contributed by atoms with Crippen LogP contribution in [0.25, 0.3) is 0 Å². The highest BCUT2D eigenvalue weighted by Gasteiger charge is 2.36. The van der Waals surface area contributed by atoms with Crippen LogP contribution < -0.4 is 4.74 Å². The summed E-state index contributed by atoms with van der Waals surface area (Å²) in [6.45, 7) is 0. The molecule has 2 aliphatic heterocycles. The number of piperidine rings is 2. The fourth-order valence-electron chi connectivity index (χ4n) is 3.40. The first-order valence-electron chi connectivity index (χ1n) is 6.97. The maximum atomic E-state index is 13.4. The molecule has 1 aromatic carbocycles. The highest BCUT2D eigenvalue weighted by Crippen LogP contribution is 2.34. The SMILES string of the molecule is CN1C2CCCC1CC(Oc1ccc(Cl)c(F)c1)C2. The van der Waals surface area contributed by atoms with Crippen LogP contribution in [0.1, 0.15) is 32.1 Å². The molecule has 0 radical (unpaired) electrons. The fourth-order valence-corrected chi connectivity index (χ4v) is 3.52. The summed E-state index contributed by atoms with van der Waals surface area (Å²) in [5, 5.41) is 0.146. The molecule has 4 heteroatoms. The molecule has 104 valence electrons. The molecule has 2 atom stereocenters. The summed E-state index contributed by atoms with van der Waals surface area (Å²) < 4.78 is 19.4. The molecule has 2 saturated heterocycles. The molecule has 0 saturated carbocycles. The third-order valence-corrected chi connectivity index (χ3v) is 4.80. The van der Waals surface area contributed by atoms with Gasteiger partial charge in [-0.2, -0.15) is 0 Å². The van der Waals surface area contributed by atoms with Crippen molar-refractivity contribution in [2.45, 2.75) is 50.3 Å². The van der Waals surface area contributed by atoms with Crippen LogP contribution in [0.2, 0.25) is 5.02 Å². The number of rotatable bonds is 2. The van der Waals surface area contributed by atoms with Gasteiger partial charge in [-0.25, -0.2) is 4.39 Å². The van der Waals surface area contributed by atoms with Crippen molar-refractivity contribution in [1.82, 2.24) is 4.90 Å². The van der Waals surface area contributed by atoms with E-state index in [4.69, 9.17) is 16.3 Å². The van der Waals surface area contributed by atoms with Gasteiger partial charge in [0, 0.05) is 18.2 Å². The van der Waals surface area contributed by atoms with Gasteiger partial charge in [-0.1, -0.05) is 18.0 Å². The van der Waals surface area contributed by atoms with Crippen molar-refractivity contribution < 1.29 is 9.13 Å². The van der Waals surface area contributed by atoms with Gasteiger partial charge in [-0.15, -0.1) is 0 Å². The van der Waals surface area contributed by atoms with Crippen LogP contribution in [0.15, 0.2) is 18.2 Å². The zero-order chi connectivity index (χ0) is 13.4. The van der Waals surface area contributed by atoms with Crippen molar-refractivity contribution in [3.8, 4) is 5.75 Å². The van der Waals surface area contributed by atoms with E-state index in [-0.39, 0.29) is 11.1 Å². The van der Waals surface area contributed by atoms with Crippen LogP contribution in [-0.2, 0) is 0 Å². The summed E-state index contributed by atoms with van der Waals surface area (Å²) in [5.74, 6) is 0.182. The van der Waals surface area contributed by atoms with E-state index in [2.05, 4.69) is 11.9 Å². The second-order valence-electron chi connectivity index (χ2n) is 5.69. The van der Waals surface area contributed by atoms with E-state index in [0.717, 1.165) is 12.8 Å². The minimum Gasteiger partial charge on any atom is -0.490 e. The van der Waals surface area contributed by atoms with E-state index >= 15 is 0 Å². The maximum absolute atomic E-state index is 13.4. The van der Waals surface area contributed by atoms with Crippen molar-refractivity contribution in [2.75, 3.05) is 7.05 Å². The van der Waals surface area contributed by atoms with Crippen LogP contribution >= 0.6 is 11.6 Å². The van der Waals surface area contributed by atoms with Crippen LogP contribution in [-0.4, -0.2) is 30.1 Å². The first-order chi connectivity index (χ1) is 9.13. The predicted molar refractivity (Wildman–Crippen MR) is 74.3 cm³/mol. The Hall–Kier alpha value is -0.800. The largest absolute Gasteiger partial charge is 0.490 e. The van der Waals surface area contributed by atoms with Crippen LogP contribution in [0.4, 0.5) is 4.39 Å². The standard InChI is InChI=1S/C15H19ClFNO/c1-18-10-3-2-4-11(18)8-13(7-10)19-12-5-6-14(16)15(17)9-12/h5-6,9-11,13H,2-4,7-8H2,1H3. The van der Waals surface area contributed by atoms with Gasteiger partial charge in [0.15, 0.2) is 0 Å². The minimum atomic E-state index is -0.410. The van der Waals surface area contributed by atoms with E-state index < -0.39 is 5.82 Å². The molecule has 1 aromatic rings. The number of benzene rings is 1. The van der Waals surface area contributed by atoms with E-state index in [9.17, 15) is 4.39 Å². The van der Waals surface area contributed by atoms with Crippen molar-refractivity contribution in [1.29, 1.82) is 0 Å². The summed E-state index contributed by atoms with van der Waals surface area (Å²) in [4.78, 5) is 2.49. The van der Waals surface area contributed by atoms with Gasteiger partial charge in [-0.05, 0) is 44.9 Å². The average Bonchev–Trinajstić information content (AvgIpc) is 2.35. The Kier molecular flexibility index (Phi) is 3.68. The molecule has 2 bridgehead atoms. The minimum absolute atomic E-state index is 0.146. The van der Waals surface area contributed by atoms with Gasteiger partial charge in [0.1, 0.15) is 17.7 Å². The zero-order valence-electron chi connectivity index (χ0n) is 11.1. The molecule has 2 unspecified atom stereocenters. The van der Waals surface area contributed by atoms with Crippen molar-refractivity contribution in [3.05, 3.63) is 29.0 Å². The normalized spacial score (nSPS) is 31.2. The lowest BCUT2D eigenvalue weighted by atomic mass is 9.83. The zero-order valence-corrected chi connectivity index (χ0v) is 11.9. The molecule has 0 aromatic heterocycles. The van der Waals surface area contributed by atoms with Gasteiger partial charge < -0.3 is 9.64 Å². The van der Waals surface area contributed by atoms with Crippen molar-refractivity contribution >= 4 is 11.6 Å². The summed E-state index contributed by atoms with van der Waals surface area (Å²) in [7, 11) is 2.21. The Morgan fingerprint density at radius 1 is 1.26 bits per heavy atom. The maximum Gasteiger partial charge on any atom is 0.145 e. The summed E-state index contributed by atoms with van der Waals surface area (Å²) >= 11 is 5.68. The van der Waals surface area contributed by atoms with Crippen LogP contribution in [0.5, 0.6) is 5.75 Å². The Bertz CT molecular complexity index is 453. The van der Waals surface area contributed by atoms with E-state index in [1.807, 2.05) is 0 Å². The first-order valence-corrected chi connectivity index (χ1v) is 7.35. The van der Waals surface area contributed by atoms with Gasteiger partial charge in [0.25, 0.3) is 0 Å². The first kappa shape index (κ1) is 13.2. The van der Waals surface area contributed by atoms with E-state index in [1.165, 1.54) is 25.3 Å². The number of halogens is 2. The van der Waals surface area contributed by atoms with Gasteiger partial charge in [0.2, 0.25) is 0 Å². The van der Waals surface area contributed by atoms with E-state index in [1.54, 1.807) is 12.1 Å². The Balaban J connectivity index is 1.69. The smallest absolute Gasteiger partial charge is 0.145 e. The fraction of sp³-hybridized carbons (Fsp3) is 0.600. The molecule has 2 heterocycles. The average molecular weight is 284 g/mol. The van der Waals surface area contributed by atoms with E-state index in [0.29, 0.717) is 17.8 Å². The molecule has 0 aliphatic carbocycles. The molecule has 0 spiro atoms. The third kappa shape index (κ3) is 2.72. The Labute approximate surface area is 118 Å². The quantitative estimate of drug-likeness (QED) is 0.817. The molecular formula is C15H19ClFNO. The van der Waals surface area contributed by atoms with Crippen molar-refractivity contribution in [2.24, 2.45) is 0 Å². The lowest BCUT2D eigenvalue weighted by Gasteiger charge is -2.46. The Morgan fingerprint density at radius 3 is 2.58 bits per heavy atom. The number of fused-ring (bicyclic) bond motifs is 2. The number of hydrogen-bond donors (Lipinski definition) is 0. The summed E-state index contributed by atoms with van der Waals surface area (Å²) in [5.41, 5.74) is 0. The molecule has 2 aliphatic rings. The molecule has 0 amide bonds. The summed E-state index contributed by atoms with van der Waals surface area (Å²) in [6, 6.07) is 5.93. The molecule has 2 fully saturated rings. The molecule has 19 heavy (non-hydrogen) atoms. The lowest BCUT2D eigenvalue weighted by molar-refractivity contribution is 0.0000537. The number of nitrogens with zero attached hydrogens (tertiary/aromatic N) is 1. The van der Waals surface area contributed by atoms with Gasteiger partial charge in [0.05, 0.1) is 5.02 Å². The highest BCUT2D eigenvalue weighted by molar-refractivity contribution is 6.30. The molecule has 3 rings (SSSR count). The number of hydrogen-bond acceptors (Lipinski definition) is 2. The highest BCUT2D eigenvalue weighted by atomic mass is 35.5. The number of ether oxygens (including phenoxy) is 1. The third-order valence-electron chi connectivity index (χ3n) is 4.49. The molecular weight excluding hydrogens is 265 g/mol. The second-order valence-corrected chi connectivity index (χ2v) is 6.10. The van der Waals surface area contributed by atoms with Crippen molar-refractivity contribution in [3.63, 3.8) is 0 Å². The predicted octanol–water partition coefficient (Wildman–Crippen LogP) is 3.87.